The lowest BCUT2D eigenvalue weighted by atomic mass is 10.1. The van der Waals surface area contributed by atoms with Crippen molar-refractivity contribution in [3.63, 3.8) is 0 Å². The molecule has 9 nitrogen and oxygen atoms in total. The van der Waals surface area contributed by atoms with Crippen molar-refractivity contribution < 1.29 is 28.8 Å². The van der Waals surface area contributed by atoms with Crippen LogP contribution in [0.15, 0.2) is 42.5 Å². The highest BCUT2D eigenvalue weighted by Crippen LogP contribution is 2.19. The summed E-state index contributed by atoms with van der Waals surface area (Å²) in [6, 6.07) is 10.0. The molecule has 10 heteroatoms. The van der Waals surface area contributed by atoms with Crippen LogP contribution in [-0.2, 0) is 14.3 Å². The molecule has 0 saturated carbocycles. The first kappa shape index (κ1) is 21.3. The van der Waals surface area contributed by atoms with E-state index in [1.165, 1.54) is 0 Å². The number of nitrogens with one attached hydrogen (secondary N) is 1. The van der Waals surface area contributed by atoms with Crippen LogP contribution in [0.25, 0.3) is 0 Å². The second-order valence-corrected chi connectivity index (χ2v) is 6.62. The maximum atomic E-state index is 12.2. The molecule has 0 aromatic heterocycles. The number of carbonyl (C=O) groups excluding carboxylic acids is 3. The molecule has 1 amide bonds. The number of carbonyl (C=O) groups is 3. The van der Waals surface area contributed by atoms with Crippen LogP contribution >= 0.6 is 22.6 Å². The summed E-state index contributed by atoms with van der Waals surface area (Å²) in [5, 5.41) is 13.6. The summed E-state index contributed by atoms with van der Waals surface area (Å²) >= 11 is 2.12. The largest absolute Gasteiger partial charge is 0.462 e. The predicted molar refractivity (Wildman–Crippen MR) is 107 cm³/mol. The topological polar surface area (TPSA) is 125 Å². The number of rotatable bonds is 7. The van der Waals surface area contributed by atoms with E-state index < -0.39 is 35.1 Å². The summed E-state index contributed by atoms with van der Waals surface area (Å²) in [7, 11) is 0. The van der Waals surface area contributed by atoms with Gasteiger partial charge in [0.15, 0.2) is 6.61 Å². The Morgan fingerprint density at radius 3 is 2.14 bits per heavy atom. The van der Waals surface area contributed by atoms with E-state index >= 15 is 0 Å². The number of nitro groups is 1. The van der Waals surface area contributed by atoms with Crippen LogP contribution < -0.4 is 5.32 Å². The molecule has 0 saturated heterocycles. The number of amides is 1. The summed E-state index contributed by atoms with van der Waals surface area (Å²) in [6.45, 7) is 1.05. The third-order valence-electron chi connectivity index (χ3n) is 3.34. The highest BCUT2D eigenvalue weighted by atomic mass is 127. The number of hydrogen-bond acceptors (Lipinski definition) is 7. The van der Waals surface area contributed by atoms with Gasteiger partial charge in [-0.05, 0) is 59.8 Å². The van der Waals surface area contributed by atoms with Gasteiger partial charge in [0, 0.05) is 21.4 Å². The molecule has 0 bridgehead atoms. The van der Waals surface area contributed by atoms with Crippen LogP contribution in [0, 0.1) is 13.7 Å². The van der Waals surface area contributed by atoms with Gasteiger partial charge >= 0.3 is 11.9 Å². The smallest absolute Gasteiger partial charge is 0.338 e. The normalized spacial score (nSPS) is 10.1. The van der Waals surface area contributed by atoms with E-state index in [-0.39, 0.29) is 17.7 Å². The van der Waals surface area contributed by atoms with Gasteiger partial charge in [0.2, 0.25) is 0 Å². The Morgan fingerprint density at radius 1 is 1.04 bits per heavy atom. The quantitative estimate of drug-likeness (QED) is 0.269. The average Bonchev–Trinajstić information content (AvgIpc) is 2.67. The molecular weight excluding hydrogens is 483 g/mol. The molecule has 0 fully saturated rings. The summed E-state index contributed by atoms with van der Waals surface area (Å²) in [5.41, 5.74) is -0.340. The maximum absolute atomic E-state index is 12.2. The number of halogens is 1. The molecule has 1 N–H and O–H groups in total. The Balaban J connectivity index is 2.07. The summed E-state index contributed by atoms with van der Waals surface area (Å²) < 4.78 is 10.7. The fourth-order valence-electron chi connectivity index (χ4n) is 2.11. The van der Waals surface area contributed by atoms with Gasteiger partial charge in [-0.1, -0.05) is 0 Å². The van der Waals surface area contributed by atoms with Crippen molar-refractivity contribution in [3.05, 3.63) is 67.3 Å². The molecule has 28 heavy (non-hydrogen) atoms. The van der Waals surface area contributed by atoms with Crippen LogP contribution in [0.2, 0.25) is 0 Å². The van der Waals surface area contributed by atoms with Gasteiger partial charge in [0.1, 0.15) is 0 Å². The zero-order valence-corrected chi connectivity index (χ0v) is 16.8. The summed E-state index contributed by atoms with van der Waals surface area (Å²) in [5.74, 6) is -2.37. The van der Waals surface area contributed by atoms with Gasteiger partial charge in [-0.15, -0.1) is 0 Å². The zero-order chi connectivity index (χ0) is 20.7. The first-order chi connectivity index (χ1) is 13.3. The number of benzene rings is 2. The highest BCUT2D eigenvalue weighted by molar-refractivity contribution is 14.1. The van der Waals surface area contributed by atoms with Crippen molar-refractivity contribution in [2.45, 2.75) is 6.92 Å². The molecule has 0 heterocycles. The van der Waals surface area contributed by atoms with Crippen molar-refractivity contribution in [1.82, 2.24) is 0 Å². The first-order valence-electron chi connectivity index (χ1n) is 7.99. The molecule has 0 unspecified atom stereocenters. The molecule has 0 aliphatic rings. The Labute approximate surface area is 173 Å². The van der Waals surface area contributed by atoms with E-state index in [4.69, 9.17) is 9.47 Å². The number of ether oxygens (including phenoxy) is 2. The minimum Gasteiger partial charge on any atom is -0.462 e. The highest BCUT2D eigenvalue weighted by Gasteiger charge is 2.20. The fraction of sp³-hybridized carbons (Fsp3) is 0.167. The van der Waals surface area contributed by atoms with E-state index in [1.54, 1.807) is 31.2 Å². The van der Waals surface area contributed by atoms with Gasteiger partial charge in [0.25, 0.3) is 11.6 Å². The van der Waals surface area contributed by atoms with Crippen molar-refractivity contribution in [3.8, 4) is 0 Å². The van der Waals surface area contributed by atoms with Crippen LogP contribution in [0.4, 0.5) is 11.4 Å². The zero-order valence-electron chi connectivity index (χ0n) is 14.6. The third-order valence-corrected chi connectivity index (χ3v) is 4.06. The van der Waals surface area contributed by atoms with E-state index in [2.05, 4.69) is 27.9 Å². The number of hydrogen-bond donors (Lipinski definition) is 1. The van der Waals surface area contributed by atoms with E-state index in [9.17, 15) is 24.5 Å². The van der Waals surface area contributed by atoms with E-state index in [1.807, 2.05) is 0 Å². The molecule has 0 aliphatic carbocycles. The SMILES string of the molecule is CCOC(=O)c1cc(C(=O)OCC(=O)Nc2ccc(I)cc2)cc([N+](=O)[O-])c1. The number of esters is 2. The van der Waals surface area contributed by atoms with Crippen molar-refractivity contribution >= 4 is 51.8 Å². The molecular formula is C18H15IN2O7. The summed E-state index contributed by atoms with van der Waals surface area (Å²) in [6.07, 6.45) is 0. The molecule has 2 aromatic carbocycles. The number of nitro benzene ring substituents is 1. The minimum atomic E-state index is -0.980. The standard InChI is InChI=1S/C18H15IN2O7/c1-2-27-17(23)11-7-12(9-15(8-11)21(25)26)18(24)28-10-16(22)20-14-5-3-13(19)4-6-14/h3-9H,2,10H2,1H3,(H,20,22). The fourth-order valence-corrected chi connectivity index (χ4v) is 2.47. The lowest BCUT2D eigenvalue weighted by Gasteiger charge is -2.08. The Morgan fingerprint density at radius 2 is 1.61 bits per heavy atom. The Hall–Kier alpha value is -3.02. The minimum absolute atomic E-state index is 0.0695. The second-order valence-electron chi connectivity index (χ2n) is 5.38. The van der Waals surface area contributed by atoms with Crippen molar-refractivity contribution in [2.75, 3.05) is 18.5 Å². The number of non-ortho nitro benzene ring substituents is 1. The molecule has 2 aromatic rings. The predicted octanol–water partition coefficient (Wildman–Crippen LogP) is 3.17. The lowest BCUT2D eigenvalue weighted by Crippen LogP contribution is -2.21. The van der Waals surface area contributed by atoms with Gasteiger partial charge in [-0.25, -0.2) is 9.59 Å². The molecule has 146 valence electrons. The Kier molecular flexibility index (Phi) is 7.44. The van der Waals surface area contributed by atoms with Gasteiger partial charge < -0.3 is 14.8 Å². The number of anilines is 1. The molecule has 2 rings (SSSR count). The summed E-state index contributed by atoms with van der Waals surface area (Å²) in [4.78, 5) is 46.2. The van der Waals surface area contributed by atoms with Crippen LogP contribution in [-0.4, -0.2) is 36.0 Å². The van der Waals surface area contributed by atoms with Crippen molar-refractivity contribution in [2.24, 2.45) is 0 Å². The van der Waals surface area contributed by atoms with Crippen LogP contribution in [0.1, 0.15) is 27.6 Å². The third kappa shape index (κ3) is 6.01. The molecule has 0 atom stereocenters. The molecule has 0 aliphatic heterocycles. The first-order valence-corrected chi connectivity index (χ1v) is 9.07. The molecule has 0 radical (unpaired) electrons. The van der Waals surface area contributed by atoms with E-state index in [0.29, 0.717) is 5.69 Å². The maximum Gasteiger partial charge on any atom is 0.338 e. The lowest BCUT2D eigenvalue weighted by molar-refractivity contribution is -0.384. The van der Waals surface area contributed by atoms with Gasteiger partial charge in [0.05, 0.1) is 22.7 Å². The van der Waals surface area contributed by atoms with Gasteiger partial charge in [-0.3, -0.25) is 14.9 Å². The second kappa shape index (κ2) is 9.78. The molecule has 0 spiro atoms. The van der Waals surface area contributed by atoms with Gasteiger partial charge in [-0.2, -0.15) is 0 Å². The van der Waals surface area contributed by atoms with Crippen LogP contribution in [0.3, 0.4) is 0 Å². The van der Waals surface area contributed by atoms with Crippen LogP contribution in [0.5, 0.6) is 0 Å². The average molecular weight is 498 g/mol. The Bertz CT molecular complexity index is 913. The van der Waals surface area contributed by atoms with Crippen molar-refractivity contribution in [1.29, 1.82) is 0 Å². The number of nitrogens with zero attached hydrogens (tertiary/aromatic N) is 1. The van der Waals surface area contributed by atoms with E-state index in [0.717, 1.165) is 21.8 Å². The monoisotopic (exact) mass is 498 g/mol.